The third-order valence-corrected chi connectivity index (χ3v) is 6.28. The van der Waals surface area contributed by atoms with E-state index in [1.54, 1.807) is 31.0 Å². The third kappa shape index (κ3) is 4.77. The Balaban J connectivity index is 1.83. The number of hydrogen-bond donors (Lipinski definition) is 1. The molecule has 0 unspecified atom stereocenters. The van der Waals surface area contributed by atoms with Crippen LogP contribution in [0.2, 0.25) is 0 Å². The average molecular weight is 353 g/mol. The second kappa shape index (κ2) is 7.74. The highest BCUT2D eigenvalue weighted by Crippen LogP contribution is 2.19. The summed E-state index contributed by atoms with van der Waals surface area (Å²) in [5.41, 5.74) is 0.773. The molecule has 1 aliphatic rings. The highest BCUT2D eigenvalue weighted by molar-refractivity contribution is 7.92. The number of aromatic nitrogens is 1. The topological polar surface area (TPSA) is 96.4 Å². The van der Waals surface area contributed by atoms with Crippen molar-refractivity contribution in [3.63, 3.8) is 0 Å². The molecule has 0 saturated carbocycles. The number of hydrogen-bond acceptors (Lipinski definition) is 5. The van der Waals surface area contributed by atoms with E-state index in [4.69, 9.17) is 0 Å². The van der Waals surface area contributed by atoms with E-state index in [1.165, 1.54) is 0 Å². The van der Waals surface area contributed by atoms with E-state index in [-0.39, 0.29) is 30.5 Å². The Labute approximate surface area is 142 Å². The first-order valence-electron chi connectivity index (χ1n) is 7.96. The second-order valence-electron chi connectivity index (χ2n) is 6.20. The maximum absolute atomic E-state index is 12.1. The van der Waals surface area contributed by atoms with Gasteiger partial charge < -0.3 is 10.2 Å². The predicted octanol–water partition coefficient (Wildman–Crippen LogP) is 0.370. The molecule has 2 rings (SSSR count). The lowest BCUT2D eigenvalue weighted by atomic mass is 10.1. The van der Waals surface area contributed by atoms with Crippen LogP contribution < -0.4 is 5.32 Å². The molecule has 8 heteroatoms. The number of nitrogens with zero attached hydrogens (tertiary/aromatic N) is 2. The number of carbonyl (C=O) groups excluding carboxylic acids is 2. The Morgan fingerprint density at radius 3 is 2.79 bits per heavy atom. The SMILES string of the molecule is CC(C)S(=O)(=O)CCNC(=O)[C@@H]1CC(=O)N(Cc2ccccn2)C1. The summed E-state index contributed by atoms with van der Waals surface area (Å²) >= 11 is 0. The van der Waals surface area contributed by atoms with E-state index in [1.807, 2.05) is 12.1 Å². The Morgan fingerprint density at radius 1 is 1.42 bits per heavy atom. The molecule has 1 aromatic heterocycles. The fourth-order valence-electron chi connectivity index (χ4n) is 2.48. The van der Waals surface area contributed by atoms with Crippen LogP contribution >= 0.6 is 0 Å². The van der Waals surface area contributed by atoms with Gasteiger partial charge in [0.2, 0.25) is 11.8 Å². The molecule has 0 spiro atoms. The van der Waals surface area contributed by atoms with Crippen molar-refractivity contribution in [1.29, 1.82) is 0 Å². The van der Waals surface area contributed by atoms with Crippen molar-refractivity contribution in [2.75, 3.05) is 18.8 Å². The minimum absolute atomic E-state index is 0.0737. The van der Waals surface area contributed by atoms with Crippen molar-refractivity contribution in [3.05, 3.63) is 30.1 Å². The van der Waals surface area contributed by atoms with Gasteiger partial charge in [-0.3, -0.25) is 14.6 Å². The summed E-state index contributed by atoms with van der Waals surface area (Å²) in [6.45, 7) is 4.01. The fraction of sp³-hybridized carbons (Fsp3) is 0.562. The van der Waals surface area contributed by atoms with Crippen LogP contribution in [0.5, 0.6) is 0 Å². The zero-order valence-electron chi connectivity index (χ0n) is 13.9. The molecule has 1 aliphatic heterocycles. The maximum atomic E-state index is 12.1. The summed E-state index contributed by atoms with van der Waals surface area (Å²) in [7, 11) is -3.18. The Bertz CT molecular complexity index is 689. The standard InChI is InChI=1S/C16H23N3O4S/c1-12(2)24(22,23)8-7-18-16(21)13-9-15(20)19(10-13)11-14-5-3-4-6-17-14/h3-6,12-13H,7-11H2,1-2H3,(H,18,21)/t13-/m1/s1. The normalized spacial score (nSPS) is 18.2. The van der Waals surface area contributed by atoms with Crippen molar-refractivity contribution in [2.24, 2.45) is 5.92 Å². The van der Waals surface area contributed by atoms with Crippen molar-refractivity contribution < 1.29 is 18.0 Å². The van der Waals surface area contributed by atoms with E-state index in [9.17, 15) is 18.0 Å². The van der Waals surface area contributed by atoms with Crippen LogP contribution in [0.25, 0.3) is 0 Å². The number of sulfone groups is 1. The average Bonchev–Trinajstić information content (AvgIpc) is 2.89. The lowest BCUT2D eigenvalue weighted by Crippen LogP contribution is -2.36. The van der Waals surface area contributed by atoms with Gasteiger partial charge in [0.05, 0.1) is 29.2 Å². The number of likely N-dealkylation sites (tertiary alicyclic amines) is 1. The number of carbonyl (C=O) groups is 2. The monoisotopic (exact) mass is 353 g/mol. The van der Waals surface area contributed by atoms with Crippen LogP contribution in [-0.4, -0.2) is 54.2 Å². The summed E-state index contributed by atoms with van der Waals surface area (Å²) in [6.07, 6.45) is 1.81. The number of rotatable bonds is 7. The first-order chi connectivity index (χ1) is 11.3. The summed E-state index contributed by atoms with van der Waals surface area (Å²) < 4.78 is 23.4. The minimum Gasteiger partial charge on any atom is -0.355 e. The summed E-state index contributed by atoms with van der Waals surface area (Å²) in [6, 6.07) is 5.48. The van der Waals surface area contributed by atoms with Gasteiger partial charge in [0.15, 0.2) is 9.84 Å². The largest absolute Gasteiger partial charge is 0.355 e. The molecular weight excluding hydrogens is 330 g/mol. The van der Waals surface area contributed by atoms with Crippen LogP contribution in [0.1, 0.15) is 26.0 Å². The summed E-state index contributed by atoms with van der Waals surface area (Å²) in [5, 5.41) is 2.17. The quantitative estimate of drug-likeness (QED) is 0.764. The molecule has 0 bridgehead atoms. The molecule has 7 nitrogen and oxygen atoms in total. The molecule has 2 amide bonds. The van der Waals surface area contributed by atoms with E-state index in [2.05, 4.69) is 10.3 Å². The zero-order valence-corrected chi connectivity index (χ0v) is 14.8. The van der Waals surface area contributed by atoms with Crippen molar-refractivity contribution in [2.45, 2.75) is 32.1 Å². The van der Waals surface area contributed by atoms with E-state index in [0.29, 0.717) is 13.1 Å². The highest BCUT2D eigenvalue weighted by atomic mass is 32.2. The number of pyridine rings is 1. The van der Waals surface area contributed by atoms with Crippen molar-refractivity contribution in [1.82, 2.24) is 15.2 Å². The minimum atomic E-state index is -3.18. The van der Waals surface area contributed by atoms with Crippen molar-refractivity contribution in [3.8, 4) is 0 Å². The van der Waals surface area contributed by atoms with E-state index >= 15 is 0 Å². The fourth-order valence-corrected chi connectivity index (χ4v) is 3.34. The van der Waals surface area contributed by atoms with Gasteiger partial charge in [0.25, 0.3) is 0 Å². The smallest absolute Gasteiger partial charge is 0.225 e. The third-order valence-electron chi connectivity index (χ3n) is 4.07. The first-order valence-corrected chi connectivity index (χ1v) is 9.68. The lowest BCUT2D eigenvalue weighted by Gasteiger charge is -2.16. The summed E-state index contributed by atoms with van der Waals surface area (Å²) in [4.78, 5) is 30.0. The molecule has 1 N–H and O–H groups in total. The van der Waals surface area contributed by atoms with E-state index < -0.39 is 21.0 Å². The zero-order chi connectivity index (χ0) is 17.7. The van der Waals surface area contributed by atoms with Crippen LogP contribution in [0.3, 0.4) is 0 Å². The van der Waals surface area contributed by atoms with Crippen LogP contribution in [0.15, 0.2) is 24.4 Å². The lowest BCUT2D eigenvalue weighted by molar-refractivity contribution is -0.129. The van der Waals surface area contributed by atoms with Gasteiger partial charge in [0.1, 0.15) is 0 Å². The molecule has 1 aromatic rings. The molecule has 1 atom stereocenters. The molecule has 1 fully saturated rings. The molecule has 0 radical (unpaired) electrons. The van der Waals surface area contributed by atoms with Gasteiger partial charge in [-0.25, -0.2) is 8.42 Å². The van der Waals surface area contributed by atoms with Gasteiger partial charge in [0, 0.05) is 25.7 Å². The Hall–Kier alpha value is -1.96. The molecule has 1 saturated heterocycles. The highest BCUT2D eigenvalue weighted by Gasteiger charge is 2.34. The first kappa shape index (κ1) is 18.4. The molecule has 24 heavy (non-hydrogen) atoms. The molecular formula is C16H23N3O4S. The second-order valence-corrected chi connectivity index (χ2v) is 8.88. The van der Waals surface area contributed by atoms with Crippen LogP contribution in [0, 0.1) is 5.92 Å². The molecule has 132 valence electrons. The maximum Gasteiger partial charge on any atom is 0.225 e. The molecule has 0 aromatic carbocycles. The van der Waals surface area contributed by atoms with Gasteiger partial charge >= 0.3 is 0 Å². The Morgan fingerprint density at radius 2 is 2.17 bits per heavy atom. The number of amides is 2. The van der Waals surface area contributed by atoms with E-state index in [0.717, 1.165) is 5.69 Å². The summed E-state index contributed by atoms with van der Waals surface area (Å²) in [5.74, 6) is -0.890. The number of nitrogens with one attached hydrogen (secondary N) is 1. The predicted molar refractivity (Wildman–Crippen MR) is 89.7 cm³/mol. The Kier molecular flexibility index (Phi) is 5.93. The molecule has 0 aliphatic carbocycles. The van der Waals surface area contributed by atoms with Crippen LogP contribution in [-0.2, 0) is 26.0 Å². The van der Waals surface area contributed by atoms with Gasteiger partial charge in [-0.05, 0) is 26.0 Å². The van der Waals surface area contributed by atoms with Crippen LogP contribution in [0.4, 0.5) is 0 Å². The van der Waals surface area contributed by atoms with Crippen molar-refractivity contribution >= 4 is 21.7 Å². The van der Waals surface area contributed by atoms with Gasteiger partial charge in [-0.2, -0.15) is 0 Å². The van der Waals surface area contributed by atoms with Gasteiger partial charge in [-0.15, -0.1) is 0 Å². The van der Waals surface area contributed by atoms with Gasteiger partial charge in [-0.1, -0.05) is 6.07 Å². The molecule has 2 heterocycles.